The van der Waals surface area contributed by atoms with E-state index in [2.05, 4.69) is 26.2 Å². The van der Waals surface area contributed by atoms with E-state index in [1.54, 1.807) is 30.3 Å². The van der Waals surface area contributed by atoms with Gasteiger partial charge >= 0.3 is 5.97 Å². The fourth-order valence-electron chi connectivity index (χ4n) is 8.45. The summed E-state index contributed by atoms with van der Waals surface area (Å²) in [7, 11) is 0. The summed E-state index contributed by atoms with van der Waals surface area (Å²) in [4.78, 5) is 58.8. The molecule has 14 heteroatoms. The van der Waals surface area contributed by atoms with Crippen molar-refractivity contribution >= 4 is 57.2 Å². The third-order valence-electron chi connectivity index (χ3n) is 11.9. The first-order valence-corrected chi connectivity index (χ1v) is 21.5. The number of carbonyl (C=O) groups excluding carboxylic acids is 2. The fraction of sp³-hybridized carbons (Fsp3) is 0.286. The van der Waals surface area contributed by atoms with E-state index in [0.717, 1.165) is 78.3 Å². The number of hydrogen-bond acceptors (Lipinski definition) is 9. The first-order chi connectivity index (χ1) is 30.4. The lowest BCUT2D eigenvalue weighted by Gasteiger charge is -2.29. The fourth-order valence-corrected chi connectivity index (χ4v) is 8.66. The van der Waals surface area contributed by atoms with Crippen LogP contribution in [0.3, 0.4) is 0 Å². The molecule has 0 saturated carbocycles. The molecule has 0 unspecified atom stereocenters. The van der Waals surface area contributed by atoms with Gasteiger partial charge in [0.05, 0.1) is 28.2 Å². The van der Waals surface area contributed by atoms with Crippen molar-refractivity contribution in [2.24, 2.45) is 0 Å². The second kappa shape index (κ2) is 18.4. The summed E-state index contributed by atoms with van der Waals surface area (Å²) in [5.41, 5.74) is 7.20. The van der Waals surface area contributed by atoms with Crippen LogP contribution in [0.1, 0.15) is 81.5 Å². The van der Waals surface area contributed by atoms with Gasteiger partial charge in [0.15, 0.2) is 11.2 Å². The number of phenols is 1. The number of nitrogens with zero attached hydrogens (tertiary/aromatic N) is 3. The number of aryl methyl sites for hydroxylation is 1. The summed E-state index contributed by atoms with van der Waals surface area (Å²) in [5.74, 6) is -0.903. The number of carbonyl (C=O) groups is 3. The number of rotatable bonds is 15. The van der Waals surface area contributed by atoms with Crippen molar-refractivity contribution in [1.82, 2.24) is 20.2 Å². The number of carboxylic acid groups (broad SMARTS) is 1. The second-order valence-corrected chi connectivity index (χ2v) is 16.6. The van der Waals surface area contributed by atoms with Crippen molar-refractivity contribution in [3.63, 3.8) is 0 Å². The molecular formula is C49H47ClFN5O7. The third-order valence-corrected chi connectivity index (χ3v) is 12.2. The Kier molecular flexibility index (Phi) is 12.6. The number of hydrogen-bond donors (Lipinski definition) is 4. The molecule has 0 bridgehead atoms. The minimum atomic E-state index is -1.18. The molecule has 5 aromatic rings. The molecule has 63 heavy (non-hydrogen) atoms. The van der Waals surface area contributed by atoms with Gasteiger partial charge in [0.2, 0.25) is 11.9 Å². The monoisotopic (exact) mass is 871 g/mol. The van der Waals surface area contributed by atoms with E-state index in [0.29, 0.717) is 60.0 Å². The summed E-state index contributed by atoms with van der Waals surface area (Å²) < 4.78 is 22.1. The maximum Gasteiger partial charge on any atom is 0.336 e. The van der Waals surface area contributed by atoms with E-state index in [9.17, 15) is 33.8 Å². The predicted molar refractivity (Wildman–Crippen MR) is 242 cm³/mol. The van der Waals surface area contributed by atoms with Gasteiger partial charge in [0.25, 0.3) is 0 Å². The number of carboxylic acids is 1. The highest BCUT2D eigenvalue weighted by atomic mass is 35.5. The second-order valence-electron chi connectivity index (χ2n) is 16.1. The van der Waals surface area contributed by atoms with Crippen LogP contribution in [-0.4, -0.2) is 63.6 Å². The van der Waals surface area contributed by atoms with Crippen molar-refractivity contribution in [1.29, 1.82) is 0 Å². The molecule has 1 saturated heterocycles. The molecule has 4 N–H and O–H groups in total. The lowest BCUT2D eigenvalue weighted by molar-refractivity contribution is -0.121. The first kappa shape index (κ1) is 43.1. The van der Waals surface area contributed by atoms with Crippen LogP contribution in [0.25, 0.3) is 44.5 Å². The molecule has 3 heterocycles. The summed E-state index contributed by atoms with van der Waals surface area (Å²) >= 11 is 6.17. The van der Waals surface area contributed by atoms with Crippen LogP contribution >= 0.6 is 11.6 Å². The number of aromatic hydroxyl groups is 1. The minimum Gasteiger partial charge on any atom is -0.508 e. The first-order valence-electron chi connectivity index (χ1n) is 21.1. The van der Waals surface area contributed by atoms with Gasteiger partial charge in [-0.15, -0.1) is 0 Å². The molecule has 2 aliphatic heterocycles. The number of fused-ring (bicyclic) bond motifs is 3. The molecule has 12 nitrogen and oxygen atoms in total. The number of aromatic nitrogens is 2. The van der Waals surface area contributed by atoms with Gasteiger partial charge in [0.1, 0.15) is 22.9 Å². The topological polar surface area (TPSA) is 167 Å². The number of nitrogens with one attached hydrogen (secondary N) is 2. The average molecular weight is 872 g/mol. The third kappa shape index (κ3) is 9.16. The summed E-state index contributed by atoms with van der Waals surface area (Å²) in [6.45, 7) is 8.07. The number of halogens is 2. The number of anilines is 1. The maximum atomic E-state index is 14.1. The van der Waals surface area contributed by atoms with E-state index in [4.69, 9.17) is 21.0 Å². The van der Waals surface area contributed by atoms with Crippen molar-refractivity contribution in [3.05, 3.63) is 133 Å². The highest BCUT2D eigenvalue weighted by Gasteiger charge is 2.25. The Bertz CT molecular complexity index is 2940. The molecule has 3 aliphatic rings. The van der Waals surface area contributed by atoms with Gasteiger partial charge in [-0.2, -0.15) is 0 Å². The summed E-state index contributed by atoms with van der Waals surface area (Å²) in [6.07, 6.45) is 3.24. The number of imidazole rings is 1. The quantitative estimate of drug-likeness (QED) is 0.0444. The van der Waals surface area contributed by atoms with Gasteiger partial charge in [-0.1, -0.05) is 36.6 Å². The van der Waals surface area contributed by atoms with Crippen LogP contribution in [0, 0.1) is 19.7 Å². The van der Waals surface area contributed by atoms with Crippen LogP contribution < -0.4 is 21.0 Å². The Balaban J connectivity index is 0.906. The largest absolute Gasteiger partial charge is 0.508 e. The maximum absolute atomic E-state index is 14.1. The van der Waals surface area contributed by atoms with Crippen molar-refractivity contribution in [3.8, 4) is 28.2 Å². The SMILES string of the molecule is Cc1cc2c(nc(N3CCNCC3)n2Cc2ccc(F)c(Cl)c2)c(CNC(=O)CCCCCCC(=O)c2ccc(C(=O)O)c(-c3c4ccc(=O)cc-4oc4cc(O)ccc34)c2)c1C. The number of ketones is 1. The highest BCUT2D eigenvalue weighted by molar-refractivity contribution is 6.30. The average Bonchev–Trinajstić information content (AvgIpc) is 3.62. The Morgan fingerprint density at radius 3 is 2.44 bits per heavy atom. The molecule has 1 amide bonds. The summed E-state index contributed by atoms with van der Waals surface area (Å²) in [5, 5.41) is 27.4. The van der Waals surface area contributed by atoms with Gasteiger partial charge < -0.3 is 34.7 Å². The summed E-state index contributed by atoms with van der Waals surface area (Å²) in [6, 6.07) is 20.1. The van der Waals surface area contributed by atoms with E-state index in [1.807, 2.05) is 13.8 Å². The van der Waals surface area contributed by atoms with Crippen LogP contribution in [0.5, 0.6) is 5.75 Å². The van der Waals surface area contributed by atoms with E-state index < -0.39 is 11.8 Å². The zero-order valence-corrected chi connectivity index (χ0v) is 35.8. The Labute approximate surface area is 367 Å². The van der Waals surface area contributed by atoms with Crippen molar-refractivity contribution < 1.29 is 33.4 Å². The molecule has 4 aromatic carbocycles. The van der Waals surface area contributed by atoms with Gasteiger partial charge in [0, 0.05) is 85.3 Å². The Morgan fingerprint density at radius 1 is 0.905 bits per heavy atom. The van der Waals surface area contributed by atoms with Gasteiger partial charge in [-0.3, -0.25) is 14.4 Å². The molecule has 324 valence electrons. The molecular weight excluding hydrogens is 825 g/mol. The smallest absolute Gasteiger partial charge is 0.336 e. The molecule has 1 aliphatic carbocycles. The lowest BCUT2D eigenvalue weighted by Crippen LogP contribution is -2.44. The Morgan fingerprint density at radius 2 is 1.68 bits per heavy atom. The predicted octanol–water partition coefficient (Wildman–Crippen LogP) is 9.03. The molecule has 0 spiro atoms. The molecule has 0 atom stereocenters. The molecule has 0 radical (unpaired) electrons. The number of aromatic carboxylic acids is 1. The molecule has 1 aromatic heterocycles. The zero-order chi connectivity index (χ0) is 44.4. The standard InChI is InChI=1S/C49H47ClFN5O7/c1-28-21-41-47(54-49(55-19-17-52-18-20-55)56(41)27-30-9-16-40(51)39(50)22-30)38(29(28)2)26-53-45(60)8-6-4-3-5-7-42(59)31-10-13-34(48(61)62)37(23-31)46-35-14-11-32(57)24-43(35)63-44-25-33(58)12-15-36(44)46/h9-16,21-25,52,57H,3-8,17-20,26-27H2,1-2H3,(H,53,60)(H,61,62). The number of piperazine rings is 1. The normalized spacial score (nSPS) is 13.0. The zero-order valence-electron chi connectivity index (χ0n) is 35.0. The number of benzene rings is 5. The molecule has 1 fully saturated rings. The van der Waals surface area contributed by atoms with Crippen molar-refractivity contribution in [2.45, 2.75) is 65.5 Å². The number of Topliss-reactive ketones (excluding diaryl/α,β-unsaturated/α-hetero) is 1. The number of unbranched alkanes of at least 4 members (excludes halogenated alkanes) is 3. The van der Waals surface area contributed by atoms with Crippen LogP contribution in [0.4, 0.5) is 10.3 Å². The number of amides is 1. The van der Waals surface area contributed by atoms with Crippen LogP contribution in [0.2, 0.25) is 5.02 Å². The van der Waals surface area contributed by atoms with E-state index >= 15 is 0 Å². The lowest BCUT2D eigenvalue weighted by atomic mass is 9.88. The van der Waals surface area contributed by atoms with E-state index in [1.165, 1.54) is 42.5 Å². The van der Waals surface area contributed by atoms with E-state index in [-0.39, 0.29) is 51.2 Å². The molecule has 8 rings (SSSR count). The highest BCUT2D eigenvalue weighted by Crippen LogP contribution is 2.42. The van der Waals surface area contributed by atoms with Gasteiger partial charge in [-0.05, 0) is 104 Å². The van der Waals surface area contributed by atoms with Gasteiger partial charge in [-0.25, -0.2) is 14.2 Å². The van der Waals surface area contributed by atoms with Crippen LogP contribution in [0.15, 0.2) is 88.1 Å². The number of phenolic OH excluding ortho intramolecular Hbond substituents is 1. The van der Waals surface area contributed by atoms with Crippen LogP contribution in [-0.2, 0) is 17.9 Å². The van der Waals surface area contributed by atoms with Crippen molar-refractivity contribution in [2.75, 3.05) is 31.1 Å². The Hall–Kier alpha value is -6.57. The minimum absolute atomic E-state index is 0.0258.